The van der Waals surface area contributed by atoms with E-state index in [1.165, 1.54) is 0 Å². The van der Waals surface area contributed by atoms with Gasteiger partial charge < -0.3 is 34.5 Å². The Bertz CT molecular complexity index is 1660. The van der Waals surface area contributed by atoms with E-state index in [1.807, 2.05) is 68.5 Å². The number of aliphatic hydroxyl groups is 1. The van der Waals surface area contributed by atoms with Crippen molar-refractivity contribution in [2.75, 3.05) is 30.5 Å². The molecule has 3 aromatic carbocycles. The van der Waals surface area contributed by atoms with Crippen LogP contribution < -0.4 is 15.0 Å². The van der Waals surface area contributed by atoms with E-state index in [9.17, 15) is 24.3 Å². The molecule has 47 heavy (non-hydrogen) atoms. The number of benzene rings is 3. The van der Waals surface area contributed by atoms with Crippen LogP contribution in [0.3, 0.4) is 0 Å². The topological polar surface area (TPSA) is 129 Å². The molecule has 2 saturated heterocycles. The number of carbonyl (C=O) groups is 3. The number of likely N-dealkylation sites (tertiary alicyclic amines) is 1. The molecule has 1 spiro atoms. The molecule has 6 rings (SSSR count). The summed E-state index contributed by atoms with van der Waals surface area (Å²) in [6.07, 6.45) is 0.892. The number of fused-ring (bicyclic) bond motifs is 2. The minimum absolute atomic E-state index is 0.0139. The number of carbonyl (C=O) groups excluding carboxylic acids is 3. The molecule has 11 heteroatoms. The zero-order valence-corrected chi connectivity index (χ0v) is 28.3. The zero-order chi connectivity index (χ0) is 33.5. The van der Waals surface area contributed by atoms with Crippen molar-refractivity contribution < 1.29 is 33.8 Å². The van der Waals surface area contributed by atoms with Crippen molar-refractivity contribution in [3.8, 4) is 5.75 Å². The van der Waals surface area contributed by atoms with Gasteiger partial charge in [0.15, 0.2) is 13.9 Å². The lowest BCUT2D eigenvalue weighted by Gasteiger charge is -2.33. The average molecular weight is 658 g/mol. The maximum atomic E-state index is 14.8. The molecular weight excluding hydrogens is 614 g/mol. The lowest BCUT2D eigenvalue weighted by Crippen LogP contribution is -2.46. The van der Waals surface area contributed by atoms with E-state index in [1.54, 1.807) is 41.2 Å². The van der Waals surface area contributed by atoms with Crippen LogP contribution in [0.25, 0.3) is 0 Å². The molecule has 0 aromatic heterocycles. The van der Waals surface area contributed by atoms with Gasteiger partial charge in [0.1, 0.15) is 5.75 Å². The SMILES string of the molecule is COc1ccc2c(c1)[C@@]1(O[C@H](CC(=O)N3CCC[C@H]3CO)[C@@H]([Si](C)(C)O)[C@@H]1C)C(=O)N2Cc1cccc(NC(=O)c2ccccc2)c1. The number of nitrogens with zero attached hydrogens (tertiary/aromatic N) is 2. The average Bonchev–Trinajstić information content (AvgIpc) is 3.72. The molecule has 3 N–H and O–H groups in total. The number of rotatable bonds is 9. The second kappa shape index (κ2) is 12.9. The summed E-state index contributed by atoms with van der Waals surface area (Å²) in [6.45, 7) is 6.29. The third-order valence-corrected chi connectivity index (χ3v) is 12.5. The van der Waals surface area contributed by atoms with Crippen molar-refractivity contribution in [2.45, 2.75) is 69.1 Å². The van der Waals surface area contributed by atoms with Crippen molar-refractivity contribution in [3.05, 3.63) is 89.5 Å². The van der Waals surface area contributed by atoms with Crippen molar-refractivity contribution in [1.29, 1.82) is 0 Å². The number of nitrogens with one attached hydrogen (secondary N) is 1. The molecule has 0 aliphatic carbocycles. The quantitative estimate of drug-likeness (QED) is 0.286. The molecule has 0 saturated carbocycles. The summed E-state index contributed by atoms with van der Waals surface area (Å²) in [5, 5.41) is 12.8. The Morgan fingerprint density at radius 3 is 2.55 bits per heavy atom. The van der Waals surface area contributed by atoms with Crippen molar-refractivity contribution in [2.24, 2.45) is 5.92 Å². The first-order valence-electron chi connectivity index (χ1n) is 16.2. The Hall–Kier alpha value is -4.03. The molecule has 3 aromatic rings. The molecular formula is C36H43N3O7Si. The van der Waals surface area contributed by atoms with Crippen LogP contribution in [0.2, 0.25) is 18.6 Å². The van der Waals surface area contributed by atoms with Gasteiger partial charge in [-0.3, -0.25) is 14.4 Å². The van der Waals surface area contributed by atoms with Crippen LogP contribution in [0.5, 0.6) is 5.75 Å². The van der Waals surface area contributed by atoms with Gasteiger partial charge in [-0.1, -0.05) is 37.3 Å². The zero-order valence-electron chi connectivity index (χ0n) is 27.3. The number of amides is 3. The first-order valence-corrected chi connectivity index (χ1v) is 19.3. The predicted molar refractivity (Wildman–Crippen MR) is 181 cm³/mol. The normalized spacial score (nSPS) is 25.4. The van der Waals surface area contributed by atoms with Crippen molar-refractivity contribution in [1.82, 2.24) is 4.90 Å². The molecule has 3 aliphatic heterocycles. The van der Waals surface area contributed by atoms with Crippen molar-refractivity contribution >= 4 is 37.4 Å². The number of methoxy groups -OCH3 is 1. The standard InChI is InChI=1S/C36H43N3O7Si/c1-23-33(47(3,4)44)31(20-32(41)38-17-9-14-27(38)22-40)46-36(23)29-19-28(45-2)15-16-30(29)39(35(36)43)21-24-10-8-13-26(18-24)37-34(42)25-11-6-5-7-12-25/h5-8,10-13,15-16,18-19,23,27,31,33,40,44H,9,14,17,20-22H2,1-4H3,(H,37,42)/t23-,27-,31+,33-,36+/m0/s1. The number of hydrogen-bond acceptors (Lipinski definition) is 7. The van der Waals surface area contributed by atoms with Gasteiger partial charge in [0.25, 0.3) is 11.8 Å². The fourth-order valence-corrected chi connectivity index (χ4v) is 10.5. The lowest BCUT2D eigenvalue weighted by atomic mass is 9.82. The number of aliphatic hydroxyl groups excluding tert-OH is 1. The van der Waals surface area contributed by atoms with E-state index < -0.39 is 31.5 Å². The summed E-state index contributed by atoms with van der Waals surface area (Å²) in [7, 11) is -1.41. The number of ether oxygens (including phenoxy) is 2. The van der Waals surface area contributed by atoms with E-state index in [0.29, 0.717) is 34.8 Å². The third kappa shape index (κ3) is 5.97. The monoisotopic (exact) mass is 657 g/mol. The van der Waals surface area contributed by atoms with Gasteiger partial charge in [0.05, 0.1) is 44.5 Å². The first kappa shape index (κ1) is 32.9. The predicted octanol–water partition coefficient (Wildman–Crippen LogP) is 4.67. The largest absolute Gasteiger partial charge is 0.497 e. The van der Waals surface area contributed by atoms with E-state index >= 15 is 0 Å². The van der Waals surface area contributed by atoms with Crippen LogP contribution in [0.15, 0.2) is 72.8 Å². The van der Waals surface area contributed by atoms with E-state index in [4.69, 9.17) is 9.47 Å². The van der Waals surface area contributed by atoms with Gasteiger partial charge in [-0.15, -0.1) is 0 Å². The molecule has 2 fully saturated rings. The Morgan fingerprint density at radius 2 is 1.85 bits per heavy atom. The number of hydrogen-bond donors (Lipinski definition) is 3. The Kier molecular flexibility index (Phi) is 9.01. The highest BCUT2D eigenvalue weighted by Crippen LogP contribution is 2.60. The molecule has 5 atom stereocenters. The highest BCUT2D eigenvalue weighted by Gasteiger charge is 2.66. The fraction of sp³-hybridized carbons (Fsp3) is 0.417. The molecule has 3 aliphatic rings. The second-order valence-electron chi connectivity index (χ2n) is 13.4. The molecule has 0 radical (unpaired) electrons. The molecule has 0 bridgehead atoms. The molecule has 248 valence electrons. The van der Waals surface area contributed by atoms with Crippen molar-refractivity contribution in [3.63, 3.8) is 0 Å². The summed E-state index contributed by atoms with van der Waals surface area (Å²) in [5.74, 6) is -0.509. The van der Waals surface area contributed by atoms with E-state index in [-0.39, 0.29) is 43.3 Å². The molecule has 3 amide bonds. The van der Waals surface area contributed by atoms with E-state index in [2.05, 4.69) is 5.32 Å². The summed E-state index contributed by atoms with van der Waals surface area (Å²) < 4.78 is 12.4. The summed E-state index contributed by atoms with van der Waals surface area (Å²) >= 11 is 0. The molecule has 3 heterocycles. The molecule has 10 nitrogen and oxygen atoms in total. The van der Waals surface area contributed by atoms with Crippen LogP contribution in [0.4, 0.5) is 11.4 Å². The second-order valence-corrected chi connectivity index (χ2v) is 17.4. The van der Waals surface area contributed by atoms with Crippen LogP contribution in [-0.4, -0.2) is 73.2 Å². The highest BCUT2D eigenvalue weighted by atomic mass is 28.4. The first-order chi connectivity index (χ1) is 22.5. The highest BCUT2D eigenvalue weighted by molar-refractivity contribution is 6.71. The summed E-state index contributed by atoms with van der Waals surface area (Å²) in [5.41, 5.74) is 1.42. The van der Waals surface area contributed by atoms with E-state index in [0.717, 1.165) is 18.4 Å². The number of anilines is 2. The van der Waals surface area contributed by atoms with Crippen LogP contribution in [0.1, 0.15) is 47.7 Å². The van der Waals surface area contributed by atoms with Gasteiger partial charge >= 0.3 is 0 Å². The van der Waals surface area contributed by atoms with Gasteiger partial charge in [-0.2, -0.15) is 0 Å². The smallest absolute Gasteiger partial charge is 0.264 e. The maximum Gasteiger partial charge on any atom is 0.264 e. The maximum absolute atomic E-state index is 14.8. The van der Waals surface area contributed by atoms with Gasteiger partial charge in [0.2, 0.25) is 5.91 Å². The third-order valence-electron chi connectivity index (χ3n) is 10.0. The Labute approximate surface area is 276 Å². The van der Waals surface area contributed by atoms with Gasteiger partial charge in [0, 0.05) is 34.8 Å². The summed E-state index contributed by atoms with van der Waals surface area (Å²) in [6, 6.07) is 21.6. The minimum Gasteiger partial charge on any atom is -0.497 e. The van der Waals surface area contributed by atoms with Crippen LogP contribution in [-0.2, 0) is 26.5 Å². The van der Waals surface area contributed by atoms with Crippen LogP contribution in [0, 0.1) is 5.92 Å². The fourth-order valence-electron chi connectivity index (χ4n) is 7.91. The van der Waals surface area contributed by atoms with Gasteiger partial charge in [-0.25, -0.2) is 0 Å². The van der Waals surface area contributed by atoms with Crippen LogP contribution >= 0.6 is 0 Å². The Morgan fingerprint density at radius 1 is 1.09 bits per heavy atom. The van der Waals surface area contributed by atoms with Gasteiger partial charge in [-0.05, 0) is 74.0 Å². The Balaban J connectivity index is 1.33. The minimum atomic E-state index is -2.98. The lowest BCUT2D eigenvalue weighted by molar-refractivity contribution is -0.150. The summed E-state index contributed by atoms with van der Waals surface area (Å²) in [4.78, 5) is 56.3. The molecule has 0 unspecified atom stereocenters.